The number of halogens is 1. The first-order valence-electron chi connectivity index (χ1n) is 7.02. The summed E-state index contributed by atoms with van der Waals surface area (Å²) < 4.78 is 16.5. The van der Waals surface area contributed by atoms with Gasteiger partial charge in [-0.1, -0.05) is 0 Å². The standard InChI is InChI=1S/C11H12N2O2.C6H5FO/c1-15-10(14)3-2-8-6-9-4-5-12-11(9)13-7-8;7-5-1-3-6(8)4-2-5/h2-3,6-7H,4-5H2,1H3,(H,12,13);1-4,8H/b3-2+;. The zero-order valence-corrected chi connectivity index (χ0v) is 12.6. The average Bonchev–Trinajstić information content (AvgIpc) is 3.03. The molecular weight excluding hydrogens is 299 g/mol. The summed E-state index contributed by atoms with van der Waals surface area (Å²) in [6.07, 6.45) is 5.82. The third kappa shape index (κ3) is 5.10. The monoisotopic (exact) mass is 316 g/mol. The number of pyridine rings is 1. The average molecular weight is 316 g/mol. The number of phenols is 1. The molecule has 0 spiro atoms. The van der Waals surface area contributed by atoms with Crippen molar-refractivity contribution in [3.05, 3.63) is 59.5 Å². The minimum absolute atomic E-state index is 0.0893. The number of aromatic nitrogens is 1. The summed E-state index contributed by atoms with van der Waals surface area (Å²) in [7, 11) is 1.36. The van der Waals surface area contributed by atoms with Crippen LogP contribution >= 0.6 is 0 Å². The van der Waals surface area contributed by atoms with Gasteiger partial charge in [-0.25, -0.2) is 14.2 Å². The largest absolute Gasteiger partial charge is 0.508 e. The Kier molecular flexibility index (Phi) is 5.68. The number of aromatic hydroxyl groups is 1. The smallest absolute Gasteiger partial charge is 0.330 e. The minimum Gasteiger partial charge on any atom is -0.508 e. The van der Waals surface area contributed by atoms with Crippen molar-refractivity contribution in [3.8, 4) is 5.75 Å². The van der Waals surface area contributed by atoms with Crippen LogP contribution in [-0.4, -0.2) is 29.7 Å². The highest BCUT2D eigenvalue weighted by Crippen LogP contribution is 2.20. The van der Waals surface area contributed by atoms with Crippen LogP contribution in [0.15, 0.2) is 42.6 Å². The molecule has 2 aromatic rings. The summed E-state index contributed by atoms with van der Waals surface area (Å²) >= 11 is 0. The first-order valence-corrected chi connectivity index (χ1v) is 7.02. The van der Waals surface area contributed by atoms with Crippen molar-refractivity contribution >= 4 is 17.9 Å². The Morgan fingerprint density at radius 2 is 2.13 bits per heavy atom. The highest BCUT2D eigenvalue weighted by atomic mass is 19.1. The lowest BCUT2D eigenvalue weighted by Crippen LogP contribution is -1.94. The summed E-state index contributed by atoms with van der Waals surface area (Å²) in [4.78, 5) is 15.1. The number of rotatable bonds is 2. The summed E-state index contributed by atoms with van der Waals surface area (Å²) in [5, 5.41) is 11.8. The molecular formula is C17H17FN2O3. The summed E-state index contributed by atoms with van der Waals surface area (Å²) in [5.74, 6) is 0.355. The number of hydrogen-bond donors (Lipinski definition) is 2. The minimum atomic E-state index is -0.353. The Hall–Kier alpha value is -2.89. The maximum Gasteiger partial charge on any atom is 0.330 e. The molecule has 0 saturated heterocycles. The van der Waals surface area contributed by atoms with Crippen LogP contribution in [0.5, 0.6) is 5.75 Å². The molecule has 120 valence electrons. The van der Waals surface area contributed by atoms with Gasteiger partial charge in [-0.05, 0) is 54.0 Å². The van der Waals surface area contributed by atoms with Crippen LogP contribution in [0, 0.1) is 5.82 Å². The van der Waals surface area contributed by atoms with Gasteiger partial charge in [0.15, 0.2) is 0 Å². The van der Waals surface area contributed by atoms with Crippen LogP contribution in [0.1, 0.15) is 11.1 Å². The van der Waals surface area contributed by atoms with Crippen LogP contribution in [-0.2, 0) is 16.0 Å². The maximum absolute atomic E-state index is 12.0. The van der Waals surface area contributed by atoms with Gasteiger partial charge in [0.2, 0.25) is 0 Å². The Morgan fingerprint density at radius 3 is 2.78 bits per heavy atom. The lowest BCUT2D eigenvalue weighted by molar-refractivity contribution is -0.134. The third-order valence-electron chi connectivity index (χ3n) is 3.11. The van der Waals surface area contributed by atoms with Gasteiger partial charge in [0.1, 0.15) is 17.4 Å². The number of nitrogens with zero attached hydrogens (tertiary/aromatic N) is 1. The van der Waals surface area contributed by atoms with Gasteiger partial charge in [-0.3, -0.25) is 0 Å². The molecule has 0 radical (unpaired) electrons. The molecule has 2 N–H and O–H groups in total. The molecule has 0 saturated carbocycles. The van der Waals surface area contributed by atoms with E-state index in [-0.39, 0.29) is 17.5 Å². The second kappa shape index (κ2) is 7.93. The molecule has 6 heteroatoms. The molecule has 1 aromatic carbocycles. The topological polar surface area (TPSA) is 71.5 Å². The fourth-order valence-corrected chi connectivity index (χ4v) is 1.96. The van der Waals surface area contributed by atoms with E-state index in [2.05, 4.69) is 15.0 Å². The molecule has 0 bridgehead atoms. The Bertz CT molecular complexity index is 678. The van der Waals surface area contributed by atoms with Crippen molar-refractivity contribution in [2.24, 2.45) is 0 Å². The lowest BCUT2D eigenvalue weighted by Gasteiger charge is -1.99. The Morgan fingerprint density at radius 1 is 1.39 bits per heavy atom. The molecule has 0 fully saturated rings. The van der Waals surface area contributed by atoms with Gasteiger partial charge in [0.25, 0.3) is 0 Å². The normalized spacial score (nSPS) is 12.1. The van der Waals surface area contributed by atoms with E-state index in [0.29, 0.717) is 0 Å². The summed E-state index contributed by atoms with van der Waals surface area (Å²) in [6.45, 7) is 0.937. The first-order chi connectivity index (χ1) is 11.1. The van der Waals surface area contributed by atoms with Gasteiger partial charge in [0, 0.05) is 18.8 Å². The van der Waals surface area contributed by atoms with Crippen LogP contribution < -0.4 is 5.32 Å². The van der Waals surface area contributed by atoms with E-state index in [1.54, 1.807) is 12.3 Å². The second-order valence-corrected chi connectivity index (χ2v) is 4.79. The van der Waals surface area contributed by atoms with Crippen molar-refractivity contribution in [1.82, 2.24) is 4.98 Å². The number of carbonyl (C=O) groups excluding carboxylic acids is 1. The van der Waals surface area contributed by atoms with Gasteiger partial charge < -0.3 is 15.2 Å². The molecule has 0 aliphatic carbocycles. The lowest BCUT2D eigenvalue weighted by atomic mass is 10.1. The molecule has 0 unspecified atom stereocenters. The summed E-state index contributed by atoms with van der Waals surface area (Å²) in [5.41, 5.74) is 2.12. The maximum atomic E-state index is 12.0. The van der Waals surface area contributed by atoms with Crippen molar-refractivity contribution < 1.29 is 19.0 Å². The van der Waals surface area contributed by atoms with Crippen molar-refractivity contribution in [1.29, 1.82) is 0 Å². The fraction of sp³-hybridized carbons (Fsp3) is 0.176. The number of benzene rings is 1. The molecule has 5 nitrogen and oxygen atoms in total. The third-order valence-corrected chi connectivity index (χ3v) is 3.11. The summed E-state index contributed by atoms with van der Waals surface area (Å²) in [6, 6.07) is 7.04. The van der Waals surface area contributed by atoms with Gasteiger partial charge in [0.05, 0.1) is 7.11 Å². The number of phenolic OH excluding ortho intramolecular Hbond substituents is 1. The van der Waals surface area contributed by atoms with Crippen LogP contribution in [0.4, 0.5) is 10.2 Å². The number of hydrogen-bond acceptors (Lipinski definition) is 5. The van der Waals surface area contributed by atoms with E-state index in [4.69, 9.17) is 5.11 Å². The number of methoxy groups -OCH3 is 1. The second-order valence-electron chi connectivity index (χ2n) is 4.79. The number of esters is 1. The molecule has 1 aliphatic heterocycles. The van der Waals surface area contributed by atoms with Crippen molar-refractivity contribution in [2.45, 2.75) is 6.42 Å². The zero-order valence-electron chi connectivity index (χ0n) is 12.6. The predicted molar refractivity (Wildman–Crippen MR) is 85.5 cm³/mol. The Balaban J connectivity index is 0.000000203. The molecule has 1 aromatic heterocycles. The number of ether oxygens (including phenoxy) is 1. The van der Waals surface area contributed by atoms with E-state index in [0.717, 1.165) is 24.3 Å². The zero-order chi connectivity index (χ0) is 16.7. The van der Waals surface area contributed by atoms with Gasteiger partial charge in [-0.15, -0.1) is 0 Å². The Labute approximate surface area is 133 Å². The van der Waals surface area contributed by atoms with Gasteiger partial charge >= 0.3 is 5.97 Å². The van der Waals surface area contributed by atoms with E-state index in [9.17, 15) is 9.18 Å². The molecule has 0 atom stereocenters. The van der Waals surface area contributed by atoms with Crippen LogP contribution in [0.3, 0.4) is 0 Å². The van der Waals surface area contributed by atoms with Crippen LogP contribution in [0.2, 0.25) is 0 Å². The van der Waals surface area contributed by atoms with Crippen LogP contribution in [0.25, 0.3) is 6.08 Å². The fourth-order valence-electron chi connectivity index (χ4n) is 1.96. The van der Waals surface area contributed by atoms with E-state index < -0.39 is 0 Å². The van der Waals surface area contributed by atoms with E-state index in [1.165, 1.54) is 43.0 Å². The van der Waals surface area contributed by atoms with Crippen molar-refractivity contribution in [2.75, 3.05) is 19.0 Å². The highest BCUT2D eigenvalue weighted by molar-refractivity contribution is 5.86. The molecule has 2 heterocycles. The van der Waals surface area contributed by atoms with Crippen molar-refractivity contribution in [3.63, 3.8) is 0 Å². The predicted octanol–water partition coefficient (Wildman–Crippen LogP) is 2.77. The molecule has 3 rings (SSSR count). The highest BCUT2D eigenvalue weighted by Gasteiger charge is 2.10. The molecule has 23 heavy (non-hydrogen) atoms. The first kappa shape index (κ1) is 16.5. The number of carbonyl (C=O) groups is 1. The van der Waals surface area contributed by atoms with E-state index >= 15 is 0 Å². The SMILES string of the molecule is COC(=O)/C=C/c1cnc2c(c1)CCN2.Oc1ccc(F)cc1. The number of fused-ring (bicyclic) bond motifs is 1. The van der Waals surface area contributed by atoms with E-state index in [1.807, 2.05) is 6.07 Å². The number of anilines is 1. The quantitative estimate of drug-likeness (QED) is 0.658. The molecule has 1 aliphatic rings. The number of nitrogens with one attached hydrogen (secondary N) is 1. The molecule has 0 amide bonds. The van der Waals surface area contributed by atoms with Gasteiger partial charge in [-0.2, -0.15) is 0 Å².